The average Bonchev–Trinajstić information content (AvgIpc) is 3.19. The van der Waals surface area contributed by atoms with Gasteiger partial charge in [0.2, 0.25) is 5.91 Å². The van der Waals surface area contributed by atoms with E-state index in [2.05, 4.69) is 0 Å². The van der Waals surface area contributed by atoms with E-state index in [0.29, 0.717) is 38.5 Å². The van der Waals surface area contributed by atoms with E-state index in [1.807, 2.05) is 4.90 Å². The van der Waals surface area contributed by atoms with Gasteiger partial charge >= 0.3 is 0 Å². The van der Waals surface area contributed by atoms with Gasteiger partial charge < -0.3 is 9.80 Å². The van der Waals surface area contributed by atoms with Crippen molar-refractivity contribution in [1.29, 1.82) is 0 Å². The Morgan fingerprint density at radius 2 is 1.74 bits per heavy atom. The van der Waals surface area contributed by atoms with Crippen LogP contribution in [0.4, 0.5) is 5.69 Å². The van der Waals surface area contributed by atoms with Crippen molar-refractivity contribution in [2.24, 2.45) is 5.92 Å². The van der Waals surface area contributed by atoms with Gasteiger partial charge in [-0.3, -0.25) is 19.7 Å². The fourth-order valence-corrected chi connectivity index (χ4v) is 4.16. The van der Waals surface area contributed by atoms with Gasteiger partial charge in [0.1, 0.15) is 0 Å². The van der Waals surface area contributed by atoms with Crippen LogP contribution >= 0.6 is 11.6 Å². The number of hydrogen-bond acceptors (Lipinski definition) is 4. The normalized spacial score (nSPS) is 18.0. The molecule has 0 bridgehead atoms. The molecule has 0 unspecified atom stereocenters. The van der Waals surface area contributed by atoms with E-state index >= 15 is 0 Å². The Labute approximate surface area is 163 Å². The number of halogens is 1. The highest BCUT2D eigenvalue weighted by Gasteiger charge is 2.27. The summed E-state index contributed by atoms with van der Waals surface area (Å²) in [5, 5.41) is 10.9. The predicted octanol–water partition coefficient (Wildman–Crippen LogP) is 3.50. The first-order valence-electron chi connectivity index (χ1n) is 9.46. The van der Waals surface area contributed by atoms with Gasteiger partial charge in [0, 0.05) is 44.7 Å². The van der Waals surface area contributed by atoms with Crippen LogP contribution in [0.1, 0.15) is 48.9 Å². The van der Waals surface area contributed by atoms with E-state index in [-0.39, 0.29) is 28.1 Å². The van der Waals surface area contributed by atoms with Crippen molar-refractivity contribution in [3.63, 3.8) is 0 Å². The van der Waals surface area contributed by atoms with Crippen molar-refractivity contribution in [2.75, 3.05) is 26.2 Å². The van der Waals surface area contributed by atoms with E-state index in [0.717, 1.165) is 6.42 Å². The Kier molecular flexibility index (Phi) is 6.31. The molecule has 2 amide bonds. The summed E-state index contributed by atoms with van der Waals surface area (Å²) in [6.07, 6.45) is 6.61. The minimum Gasteiger partial charge on any atom is -0.339 e. The molecule has 0 atom stereocenters. The number of piperazine rings is 1. The number of amides is 2. The van der Waals surface area contributed by atoms with Crippen LogP contribution in [0, 0.1) is 16.0 Å². The molecule has 1 saturated heterocycles. The Balaban J connectivity index is 1.51. The third kappa shape index (κ3) is 4.77. The topological polar surface area (TPSA) is 83.8 Å². The number of nitro benzene ring substituents is 1. The van der Waals surface area contributed by atoms with E-state index in [1.165, 1.54) is 43.9 Å². The highest BCUT2D eigenvalue weighted by Crippen LogP contribution is 2.29. The molecule has 0 spiro atoms. The Hall–Kier alpha value is -2.15. The first kappa shape index (κ1) is 19.6. The minimum atomic E-state index is -0.546. The highest BCUT2D eigenvalue weighted by molar-refractivity contribution is 6.34. The predicted molar refractivity (Wildman–Crippen MR) is 102 cm³/mol. The number of carbonyl (C=O) groups excluding carboxylic acids is 2. The second kappa shape index (κ2) is 8.69. The molecule has 1 aromatic carbocycles. The monoisotopic (exact) mass is 393 g/mol. The summed E-state index contributed by atoms with van der Waals surface area (Å²) < 4.78 is 0. The van der Waals surface area contributed by atoms with Crippen molar-refractivity contribution >= 4 is 29.1 Å². The molecule has 2 fully saturated rings. The summed E-state index contributed by atoms with van der Waals surface area (Å²) in [7, 11) is 0. The zero-order valence-electron chi connectivity index (χ0n) is 15.2. The van der Waals surface area contributed by atoms with Crippen LogP contribution in [0.5, 0.6) is 0 Å². The van der Waals surface area contributed by atoms with Crippen LogP contribution in [-0.2, 0) is 4.79 Å². The lowest BCUT2D eigenvalue weighted by Gasteiger charge is -2.35. The lowest BCUT2D eigenvalue weighted by molar-refractivity contribution is -0.384. The molecule has 7 nitrogen and oxygen atoms in total. The average molecular weight is 394 g/mol. The van der Waals surface area contributed by atoms with Crippen molar-refractivity contribution in [2.45, 2.75) is 38.5 Å². The largest absolute Gasteiger partial charge is 0.339 e. The molecule has 1 heterocycles. The van der Waals surface area contributed by atoms with Crippen molar-refractivity contribution < 1.29 is 14.5 Å². The summed E-state index contributed by atoms with van der Waals surface area (Å²) in [6, 6.07) is 3.86. The van der Waals surface area contributed by atoms with Crippen molar-refractivity contribution in [3.8, 4) is 0 Å². The third-order valence-electron chi connectivity index (χ3n) is 5.55. The number of carbonyl (C=O) groups is 2. The molecule has 1 aromatic rings. The molecule has 146 valence electrons. The van der Waals surface area contributed by atoms with Crippen LogP contribution in [0.15, 0.2) is 18.2 Å². The van der Waals surface area contributed by atoms with Gasteiger partial charge in [-0.1, -0.05) is 37.3 Å². The zero-order valence-corrected chi connectivity index (χ0v) is 16.0. The molecule has 0 aromatic heterocycles. The summed E-state index contributed by atoms with van der Waals surface area (Å²) in [4.78, 5) is 38.8. The van der Waals surface area contributed by atoms with E-state index < -0.39 is 4.92 Å². The number of nitro groups is 1. The van der Waals surface area contributed by atoms with Gasteiger partial charge in [-0.25, -0.2) is 0 Å². The van der Waals surface area contributed by atoms with Crippen LogP contribution < -0.4 is 0 Å². The maximum Gasteiger partial charge on any atom is 0.270 e. The lowest BCUT2D eigenvalue weighted by atomic mass is 10.0. The van der Waals surface area contributed by atoms with Crippen molar-refractivity contribution in [3.05, 3.63) is 38.9 Å². The number of benzene rings is 1. The molecule has 2 aliphatic rings. The number of rotatable bonds is 5. The molecular weight excluding hydrogens is 370 g/mol. The Bertz CT molecular complexity index is 726. The van der Waals surface area contributed by atoms with Crippen molar-refractivity contribution in [1.82, 2.24) is 9.80 Å². The van der Waals surface area contributed by atoms with E-state index in [9.17, 15) is 19.7 Å². The molecule has 0 radical (unpaired) electrons. The summed E-state index contributed by atoms with van der Waals surface area (Å²) in [6.45, 7) is 1.92. The van der Waals surface area contributed by atoms with E-state index in [1.54, 1.807) is 4.90 Å². The van der Waals surface area contributed by atoms with Crippen LogP contribution in [-0.4, -0.2) is 52.7 Å². The highest BCUT2D eigenvalue weighted by atomic mass is 35.5. The summed E-state index contributed by atoms with van der Waals surface area (Å²) in [5.41, 5.74) is 0.109. The number of nitrogens with zero attached hydrogens (tertiary/aromatic N) is 3. The molecule has 1 aliphatic carbocycles. The number of hydrogen-bond donors (Lipinski definition) is 0. The maximum absolute atomic E-state index is 12.6. The van der Waals surface area contributed by atoms with Crippen LogP contribution in [0.3, 0.4) is 0 Å². The third-order valence-corrected chi connectivity index (χ3v) is 5.87. The molecule has 1 aliphatic heterocycles. The zero-order chi connectivity index (χ0) is 19.4. The SMILES string of the molecule is O=C(CCC1CCCC1)N1CCN(C(=O)c2ccc([N+](=O)[O-])cc2Cl)CC1. The van der Waals surface area contributed by atoms with Gasteiger partial charge in [-0.05, 0) is 18.4 Å². The molecular formula is C19H24ClN3O4. The van der Waals surface area contributed by atoms with Gasteiger partial charge in [0.05, 0.1) is 15.5 Å². The molecule has 1 saturated carbocycles. The summed E-state index contributed by atoms with van der Waals surface area (Å²) in [5.74, 6) is 0.608. The maximum atomic E-state index is 12.6. The van der Waals surface area contributed by atoms with E-state index in [4.69, 9.17) is 11.6 Å². The molecule has 3 rings (SSSR count). The van der Waals surface area contributed by atoms with Crippen LogP contribution in [0.2, 0.25) is 5.02 Å². The standard InChI is InChI=1S/C19H24ClN3O4/c20-17-13-15(23(26)27)6-7-16(17)19(25)22-11-9-21(10-12-22)18(24)8-5-14-3-1-2-4-14/h6-7,13-14H,1-5,8-12H2. The summed E-state index contributed by atoms with van der Waals surface area (Å²) >= 11 is 6.05. The Morgan fingerprint density at radius 1 is 1.11 bits per heavy atom. The van der Waals surface area contributed by atoms with Gasteiger partial charge in [0.15, 0.2) is 0 Å². The molecule has 8 heteroatoms. The number of non-ortho nitro benzene ring substituents is 1. The van der Waals surface area contributed by atoms with Crippen LogP contribution in [0.25, 0.3) is 0 Å². The molecule has 27 heavy (non-hydrogen) atoms. The lowest BCUT2D eigenvalue weighted by Crippen LogP contribution is -2.50. The fourth-order valence-electron chi connectivity index (χ4n) is 3.91. The first-order valence-corrected chi connectivity index (χ1v) is 9.84. The smallest absolute Gasteiger partial charge is 0.270 e. The van der Waals surface area contributed by atoms with Gasteiger partial charge in [0.25, 0.3) is 11.6 Å². The van der Waals surface area contributed by atoms with Gasteiger partial charge in [-0.2, -0.15) is 0 Å². The molecule has 0 N–H and O–H groups in total. The first-order chi connectivity index (χ1) is 13.0. The quantitative estimate of drug-likeness (QED) is 0.566. The van der Waals surface area contributed by atoms with Gasteiger partial charge in [-0.15, -0.1) is 0 Å². The second-order valence-corrected chi connectivity index (χ2v) is 7.69. The second-order valence-electron chi connectivity index (χ2n) is 7.28. The Morgan fingerprint density at radius 3 is 2.33 bits per heavy atom. The minimum absolute atomic E-state index is 0.0734. The fraction of sp³-hybridized carbons (Fsp3) is 0.579.